The minimum absolute atomic E-state index is 0.0988. The van der Waals surface area contributed by atoms with E-state index < -0.39 is 0 Å². The number of carbonyl (C=O) groups is 2. The number of hydrogen-bond acceptors (Lipinski definition) is 4. The van der Waals surface area contributed by atoms with E-state index in [9.17, 15) is 9.59 Å². The van der Waals surface area contributed by atoms with E-state index in [1.165, 1.54) is 0 Å². The van der Waals surface area contributed by atoms with Crippen LogP contribution >= 0.6 is 0 Å². The third-order valence-electron chi connectivity index (χ3n) is 4.27. The minimum Gasteiger partial charge on any atom is -0.361 e. The molecule has 0 N–H and O–H groups in total. The molecule has 2 heterocycles. The molecule has 0 saturated carbocycles. The zero-order valence-corrected chi connectivity index (χ0v) is 13.9. The molecular formula is C18H21N3O3. The number of hydrogen-bond donors (Lipinski definition) is 0. The standard InChI is InChI=1S/C18H21N3O3/c1-3-20(10-14-7-5-4-6-8-14)17(22)15-11-21(12-15)18(23)16-9-13(2)24-19-16/h4-9,15H,3,10-12H2,1-2H3. The topological polar surface area (TPSA) is 66.7 Å². The molecule has 1 aliphatic rings. The molecule has 0 unspecified atom stereocenters. The Balaban J connectivity index is 1.56. The van der Waals surface area contributed by atoms with Crippen LogP contribution in [-0.4, -0.2) is 46.4 Å². The Morgan fingerprint density at radius 1 is 1.29 bits per heavy atom. The van der Waals surface area contributed by atoms with E-state index in [4.69, 9.17) is 4.52 Å². The quantitative estimate of drug-likeness (QED) is 0.843. The van der Waals surface area contributed by atoms with E-state index in [1.807, 2.05) is 42.2 Å². The SMILES string of the molecule is CCN(Cc1ccccc1)C(=O)C1CN(C(=O)c2cc(C)on2)C1. The van der Waals surface area contributed by atoms with Gasteiger partial charge in [-0.1, -0.05) is 35.5 Å². The molecule has 1 aromatic heterocycles. The normalized spacial score (nSPS) is 14.3. The lowest BCUT2D eigenvalue weighted by Crippen LogP contribution is -2.56. The van der Waals surface area contributed by atoms with Crippen LogP contribution in [0.2, 0.25) is 0 Å². The molecule has 126 valence electrons. The highest BCUT2D eigenvalue weighted by molar-refractivity contribution is 5.94. The van der Waals surface area contributed by atoms with Gasteiger partial charge in [-0.05, 0) is 19.4 Å². The number of rotatable bonds is 5. The average molecular weight is 327 g/mol. The van der Waals surface area contributed by atoms with Crippen molar-refractivity contribution in [1.29, 1.82) is 0 Å². The fourth-order valence-corrected chi connectivity index (χ4v) is 2.84. The van der Waals surface area contributed by atoms with E-state index >= 15 is 0 Å². The van der Waals surface area contributed by atoms with Gasteiger partial charge in [-0.3, -0.25) is 9.59 Å². The fourth-order valence-electron chi connectivity index (χ4n) is 2.84. The summed E-state index contributed by atoms with van der Waals surface area (Å²) < 4.78 is 4.93. The van der Waals surface area contributed by atoms with Crippen LogP contribution in [0.15, 0.2) is 40.9 Å². The molecule has 0 aliphatic carbocycles. The minimum atomic E-state index is -0.179. The fraction of sp³-hybridized carbons (Fsp3) is 0.389. The van der Waals surface area contributed by atoms with E-state index in [0.29, 0.717) is 37.6 Å². The lowest BCUT2D eigenvalue weighted by molar-refractivity contribution is -0.140. The Morgan fingerprint density at radius 2 is 2.00 bits per heavy atom. The highest BCUT2D eigenvalue weighted by Gasteiger charge is 2.38. The first-order valence-corrected chi connectivity index (χ1v) is 8.13. The molecule has 1 aromatic carbocycles. The first kappa shape index (κ1) is 16.2. The molecule has 0 bridgehead atoms. The first-order valence-electron chi connectivity index (χ1n) is 8.13. The maximum absolute atomic E-state index is 12.6. The second-order valence-corrected chi connectivity index (χ2v) is 6.07. The zero-order chi connectivity index (χ0) is 17.1. The van der Waals surface area contributed by atoms with Crippen LogP contribution < -0.4 is 0 Å². The van der Waals surface area contributed by atoms with Crippen LogP contribution in [0.1, 0.15) is 28.7 Å². The van der Waals surface area contributed by atoms with Crippen molar-refractivity contribution in [2.45, 2.75) is 20.4 Å². The molecule has 1 aliphatic heterocycles. The van der Waals surface area contributed by atoms with Crippen molar-refractivity contribution in [2.75, 3.05) is 19.6 Å². The van der Waals surface area contributed by atoms with Crippen LogP contribution in [-0.2, 0) is 11.3 Å². The van der Waals surface area contributed by atoms with Crippen LogP contribution in [0.5, 0.6) is 0 Å². The van der Waals surface area contributed by atoms with Gasteiger partial charge in [0.05, 0.1) is 5.92 Å². The summed E-state index contributed by atoms with van der Waals surface area (Å²) in [7, 11) is 0. The van der Waals surface area contributed by atoms with Crippen LogP contribution in [0.4, 0.5) is 0 Å². The molecule has 3 rings (SSSR count). The summed E-state index contributed by atoms with van der Waals surface area (Å²) in [4.78, 5) is 28.3. The van der Waals surface area contributed by atoms with Crippen LogP contribution in [0.25, 0.3) is 0 Å². The second-order valence-electron chi connectivity index (χ2n) is 6.07. The predicted octanol–water partition coefficient (Wildman–Crippen LogP) is 2.10. The van der Waals surface area contributed by atoms with Crippen molar-refractivity contribution in [3.8, 4) is 0 Å². The number of nitrogens with zero attached hydrogens (tertiary/aromatic N) is 3. The molecule has 1 fully saturated rings. The van der Waals surface area contributed by atoms with Gasteiger partial charge in [0.15, 0.2) is 5.69 Å². The molecule has 2 aromatic rings. The van der Waals surface area contributed by atoms with Crippen LogP contribution in [0, 0.1) is 12.8 Å². The average Bonchev–Trinajstić information content (AvgIpc) is 2.98. The van der Waals surface area contributed by atoms with E-state index in [2.05, 4.69) is 5.16 Å². The van der Waals surface area contributed by atoms with Gasteiger partial charge in [0.2, 0.25) is 5.91 Å². The molecule has 0 spiro atoms. The molecule has 1 saturated heterocycles. The van der Waals surface area contributed by atoms with E-state index in [-0.39, 0.29) is 17.7 Å². The van der Waals surface area contributed by atoms with Gasteiger partial charge in [-0.25, -0.2) is 0 Å². The van der Waals surface area contributed by atoms with Gasteiger partial charge in [0.25, 0.3) is 5.91 Å². The van der Waals surface area contributed by atoms with Gasteiger partial charge in [-0.2, -0.15) is 0 Å². The lowest BCUT2D eigenvalue weighted by Gasteiger charge is -2.40. The number of amides is 2. The predicted molar refractivity (Wildman–Crippen MR) is 88.2 cm³/mol. The summed E-state index contributed by atoms with van der Waals surface area (Å²) >= 11 is 0. The smallest absolute Gasteiger partial charge is 0.276 e. The monoisotopic (exact) mass is 327 g/mol. The number of likely N-dealkylation sites (tertiary alicyclic amines) is 1. The Morgan fingerprint density at radius 3 is 2.58 bits per heavy atom. The Kier molecular flexibility index (Phi) is 4.64. The number of aryl methyl sites for hydroxylation is 1. The van der Waals surface area contributed by atoms with E-state index in [1.54, 1.807) is 17.9 Å². The van der Waals surface area contributed by atoms with Gasteiger partial charge in [-0.15, -0.1) is 0 Å². The van der Waals surface area contributed by atoms with Crippen LogP contribution in [0.3, 0.4) is 0 Å². The van der Waals surface area contributed by atoms with Gasteiger partial charge >= 0.3 is 0 Å². The Bertz CT molecular complexity index is 720. The molecule has 0 radical (unpaired) electrons. The highest BCUT2D eigenvalue weighted by atomic mass is 16.5. The molecule has 24 heavy (non-hydrogen) atoms. The largest absolute Gasteiger partial charge is 0.361 e. The third-order valence-corrected chi connectivity index (χ3v) is 4.27. The maximum atomic E-state index is 12.6. The summed E-state index contributed by atoms with van der Waals surface area (Å²) in [5.74, 6) is 0.390. The van der Waals surface area contributed by atoms with Gasteiger partial charge < -0.3 is 14.3 Å². The second kappa shape index (κ2) is 6.86. The Hall–Kier alpha value is -2.63. The third kappa shape index (κ3) is 3.32. The van der Waals surface area contributed by atoms with Crippen molar-refractivity contribution in [2.24, 2.45) is 5.92 Å². The zero-order valence-electron chi connectivity index (χ0n) is 13.9. The summed E-state index contributed by atoms with van der Waals surface area (Å²) in [6, 6.07) is 11.5. The summed E-state index contributed by atoms with van der Waals surface area (Å²) in [6.07, 6.45) is 0. The number of aromatic nitrogens is 1. The van der Waals surface area contributed by atoms with Gasteiger partial charge in [0.1, 0.15) is 5.76 Å². The van der Waals surface area contributed by atoms with Crippen molar-refractivity contribution in [3.63, 3.8) is 0 Å². The maximum Gasteiger partial charge on any atom is 0.276 e. The van der Waals surface area contributed by atoms with E-state index in [0.717, 1.165) is 5.56 Å². The Labute approximate surface area is 141 Å². The molecule has 6 nitrogen and oxygen atoms in total. The van der Waals surface area contributed by atoms with Crippen molar-refractivity contribution in [3.05, 3.63) is 53.4 Å². The van der Waals surface area contributed by atoms with Crippen molar-refractivity contribution in [1.82, 2.24) is 15.0 Å². The van der Waals surface area contributed by atoms with Gasteiger partial charge in [0, 0.05) is 32.2 Å². The lowest BCUT2D eigenvalue weighted by atomic mass is 9.97. The first-order chi connectivity index (χ1) is 11.6. The summed E-state index contributed by atoms with van der Waals surface area (Å²) in [6.45, 7) is 5.85. The molecular weight excluding hydrogens is 306 g/mol. The molecule has 6 heteroatoms. The number of carbonyl (C=O) groups excluding carboxylic acids is 2. The number of benzene rings is 1. The van der Waals surface area contributed by atoms with Crippen molar-refractivity contribution < 1.29 is 14.1 Å². The highest BCUT2D eigenvalue weighted by Crippen LogP contribution is 2.21. The van der Waals surface area contributed by atoms with Crippen molar-refractivity contribution >= 4 is 11.8 Å². The summed E-state index contributed by atoms with van der Waals surface area (Å²) in [5.41, 5.74) is 1.41. The molecule has 2 amide bonds. The summed E-state index contributed by atoms with van der Waals surface area (Å²) in [5, 5.41) is 3.73. The molecule has 0 atom stereocenters.